The van der Waals surface area contributed by atoms with E-state index in [1.807, 2.05) is 5.32 Å². The van der Waals surface area contributed by atoms with Gasteiger partial charge in [-0.05, 0) is 43.7 Å². The third-order valence-corrected chi connectivity index (χ3v) is 5.78. The van der Waals surface area contributed by atoms with Crippen LogP contribution in [0.2, 0.25) is 10.0 Å². The molecule has 32 heavy (non-hydrogen) atoms. The number of nitrogens with zero attached hydrogens (tertiary/aromatic N) is 1. The van der Waals surface area contributed by atoms with Gasteiger partial charge in [0.05, 0.1) is 6.54 Å². The molecule has 1 atom stereocenters. The number of nitrogens with one attached hydrogen (secondary N) is 2. The van der Waals surface area contributed by atoms with Crippen LogP contribution in [0.5, 0.6) is 0 Å². The molecular formula is C22H22Cl2F3N3O2. The molecule has 2 aromatic rings. The normalized spacial score (nSPS) is 18.1. The van der Waals surface area contributed by atoms with Crippen LogP contribution in [0, 0.1) is 0 Å². The zero-order valence-corrected chi connectivity index (χ0v) is 18.9. The highest BCUT2D eigenvalue weighted by Gasteiger charge is 2.52. The third kappa shape index (κ3) is 5.19. The molecule has 0 saturated carbocycles. The molecule has 0 spiro atoms. The first-order valence-corrected chi connectivity index (χ1v) is 10.6. The van der Waals surface area contributed by atoms with Gasteiger partial charge in [0.1, 0.15) is 12.1 Å². The molecule has 0 fully saturated rings. The summed E-state index contributed by atoms with van der Waals surface area (Å²) >= 11 is 12.2. The van der Waals surface area contributed by atoms with Crippen molar-refractivity contribution in [3.8, 4) is 0 Å². The van der Waals surface area contributed by atoms with Crippen LogP contribution in [0.1, 0.15) is 25.0 Å². The van der Waals surface area contributed by atoms with E-state index < -0.39 is 36.6 Å². The van der Waals surface area contributed by atoms with Gasteiger partial charge in [0, 0.05) is 33.8 Å². The molecule has 1 aliphatic heterocycles. The SMILES string of the molecule is CC(C)N(CC(=O)NCC(F)(F)F)C1(Cc2cccc(Cl)c2)C(=O)Nc2cc(Cl)ccc21. The first-order chi connectivity index (χ1) is 14.9. The van der Waals surface area contributed by atoms with Crippen molar-refractivity contribution in [1.82, 2.24) is 10.2 Å². The second kappa shape index (κ2) is 9.29. The number of carbonyl (C=O) groups is 2. The molecule has 172 valence electrons. The van der Waals surface area contributed by atoms with Gasteiger partial charge in [0.2, 0.25) is 11.8 Å². The second-order valence-electron chi connectivity index (χ2n) is 7.92. The van der Waals surface area contributed by atoms with Gasteiger partial charge < -0.3 is 10.6 Å². The van der Waals surface area contributed by atoms with Crippen LogP contribution in [-0.4, -0.2) is 42.0 Å². The van der Waals surface area contributed by atoms with Crippen LogP contribution < -0.4 is 10.6 Å². The summed E-state index contributed by atoms with van der Waals surface area (Å²) in [7, 11) is 0. The van der Waals surface area contributed by atoms with Crippen molar-refractivity contribution < 1.29 is 22.8 Å². The number of anilines is 1. The minimum absolute atomic E-state index is 0.152. The van der Waals surface area contributed by atoms with Crippen molar-refractivity contribution in [2.75, 3.05) is 18.4 Å². The minimum atomic E-state index is -4.54. The fraction of sp³-hybridized carbons (Fsp3) is 0.364. The highest BCUT2D eigenvalue weighted by atomic mass is 35.5. The standard InChI is InChI=1S/C22H22Cl2F3N3O2/c1-13(2)30(11-19(31)28-12-22(25,26)27)21(10-14-4-3-5-15(23)8-14)17-7-6-16(24)9-18(17)29-20(21)32/h3-9,13H,10-12H2,1-2H3,(H,28,31)(H,29,32). The van der Waals surface area contributed by atoms with Crippen molar-refractivity contribution in [3.63, 3.8) is 0 Å². The molecule has 2 amide bonds. The van der Waals surface area contributed by atoms with E-state index in [-0.39, 0.29) is 12.5 Å². The van der Waals surface area contributed by atoms with Crippen LogP contribution in [0.3, 0.4) is 0 Å². The third-order valence-electron chi connectivity index (χ3n) is 5.31. The van der Waals surface area contributed by atoms with Crippen molar-refractivity contribution in [3.05, 3.63) is 63.6 Å². The van der Waals surface area contributed by atoms with Gasteiger partial charge in [-0.3, -0.25) is 14.5 Å². The summed E-state index contributed by atoms with van der Waals surface area (Å²) in [5, 5.41) is 5.61. The summed E-state index contributed by atoms with van der Waals surface area (Å²) in [6, 6.07) is 11.5. The zero-order chi connectivity index (χ0) is 23.7. The largest absolute Gasteiger partial charge is 0.405 e. The first-order valence-electron chi connectivity index (χ1n) is 9.88. The molecule has 0 aromatic heterocycles. The Bertz CT molecular complexity index is 1030. The Morgan fingerprint density at radius 3 is 2.47 bits per heavy atom. The molecule has 1 unspecified atom stereocenters. The number of rotatable bonds is 7. The number of hydrogen-bond donors (Lipinski definition) is 2. The summed E-state index contributed by atoms with van der Waals surface area (Å²) in [5.74, 6) is -1.23. The predicted octanol–water partition coefficient (Wildman–Crippen LogP) is 4.77. The highest BCUT2D eigenvalue weighted by Crippen LogP contribution is 2.45. The maximum atomic E-state index is 13.5. The Hall–Kier alpha value is -2.29. The average molecular weight is 488 g/mol. The van der Waals surface area contributed by atoms with Gasteiger partial charge in [-0.15, -0.1) is 0 Å². The van der Waals surface area contributed by atoms with Crippen molar-refractivity contribution in [1.29, 1.82) is 0 Å². The minimum Gasteiger partial charge on any atom is -0.346 e. The Kier molecular flexibility index (Phi) is 7.07. The molecule has 1 heterocycles. The van der Waals surface area contributed by atoms with E-state index in [4.69, 9.17) is 23.2 Å². The summed E-state index contributed by atoms with van der Waals surface area (Å²) in [4.78, 5) is 27.5. The molecule has 0 bridgehead atoms. The molecule has 0 radical (unpaired) electrons. The van der Waals surface area contributed by atoms with Gasteiger partial charge in [-0.1, -0.05) is 41.4 Å². The number of halogens is 5. The molecule has 0 saturated heterocycles. The van der Waals surface area contributed by atoms with E-state index in [0.717, 1.165) is 5.56 Å². The molecule has 1 aliphatic rings. The lowest BCUT2D eigenvalue weighted by molar-refractivity contribution is -0.142. The van der Waals surface area contributed by atoms with Crippen molar-refractivity contribution in [2.24, 2.45) is 0 Å². The monoisotopic (exact) mass is 487 g/mol. The van der Waals surface area contributed by atoms with Crippen molar-refractivity contribution in [2.45, 2.75) is 38.0 Å². The van der Waals surface area contributed by atoms with Gasteiger partial charge >= 0.3 is 6.18 Å². The van der Waals surface area contributed by atoms with E-state index >= 15 is 0 Å². The van der Waals surface area contributed by atoms with Crippen LogP contribution in [0.15, 0.2) is 42.5 Å². The van der Waals surface area contributed by atoms with E-state index in [2.05, 4.69) is 5.32 Å². The average Bonchev–Trinajstić information content (AvgIpc) is 2.94. The number of fused-ring (bicyclic) bond motifs is 1. The lowest BCUT2D eigenvalue weighted by Gasteiger charge is -2.42. The summed E-state index contributed by atoms with van der Waals surface area (Å²) < 4.78 is 37.8. The number of benzene rings is 2. The maximum absolute atomic E-state index is 13.5. The smallest absolute Gasteiger partial charge is 0.346 e. The Balaban J connectivity index is 2.07. The number of carbonyl (C=O) groups excluding carboxylic acids is 2. The molecule has 3 rings (SSSR count). The first kappa shape index (κ1) is 24.4. The molecular weight excluding hydrogens is 466 g/mol. The number of alkyl halides is 3. The van der Waals surface area contributed by atoms with E-state index in [1.54, 1.807) is 61.2 Å². The Morgan fingerprint density at radius 2 is 1.84 bits per heavy atom. The molecule has 2 N–H and O–H groups in total. The van der Waals surface area contributed by atoms with Crippen LogP contribution in [-0.2, 0) is 21.5 Å². The maximum Gasteiger partial charge on any atom is 0.405 e. The van der Waals surface area contributed by atoms with E-state index in [1.165, 1.54) is 0 Å². The summed E-state index contributed by atoms with van der Waals surface area (Å²) in [5.41, 5.74) is 0.459. The van der Waals surface area contributed by atoms with Crippen LogP contribution >= 0.6 is 23.2 Å². The lowest BCUT2D eigenvalue weighted by Crippen LogP contribution is -2.58. The fourth-order valence-electron chi connectivity index (χ4n) is 4.00. The van der Waals surface area contributed by atoms with Crippen LogP contribution in [0.25, 0.3) is 0 Å². The van der Waals surface area contributed by atoms with Crippen LogP contribution in [0.4, 0.5) is 18.9 Å². The number of hydrogen-bond acceptors (Lipinski definition) is 3. The molecule has 10 heteroatoms. The molecule has 5 nitrogen and oxygen atoms in total. The Labute approximate surface area is 193 Å². The molecule has 2 aromatic carbocycles. The van der Waals surface area contributed by atoms with Crippen molar-refractivity contribution >= 4 is 40.7 Å². The Morgan fingerprint density at radius 1 is 1.16 bits per heavy atom. The molecule has 0 aliphatic carbocycles. The lowest BCUT2D eigenvalue weighted by atomic mass is 9.82. The van der Waals surface area contributed by atoms with E-state index in [0.29, 0.717) is 21.3 Å². The van der Waals surface area contributed by atoms with Gasteiger partial charge in [0.15, 0.2) is 0 Å². The summed E-state index contributed by atoms with van der Waals surface area (Å²) in [6.45, 7) is 1.69. The highest BCUT2D eigenvalue weighted by molar-refractivity contribution is 6.31. The van der Waals surface area contributed by atoms with E-state index in [9.17, 15) is 22.8 Å². The second-order valence-corrected chi connectivity index (χ2v) is 8.80. The van der Waals surface area contributed by atoms with Gasteiger partial charge in [-0.2, -0.15) is 13.2 Å². The van der Waals surface area contributed by atoms with Gasteiger partial charge in [0.25, 0.3) is 0 Å². The fourth-order valence-corrected chi connectivity index (χ4v) is 4.39. The summed E-state index contributed by atoms with van der Waals surface area (Å²) in [6.07, 6.45) is -4.39. The number of amides is 2. The predicted molar refractivity (Wildman–Crippen MR) is 118 cm³/mol. The quantitative estimate of drug-likeness (QED) is 0.591. The zero-order valence-electron chi connectivity index (χ0n) is 17.4. The van der Waals surface area contributed by atoms with Gasteiger partial charge in [-0.25, -0.2) is 0 Å². The topological polar surface area (TPSA) is 61.4 Å².